The van der Waals surface area contributed by atoms with E-state index in [1.807, 2.05) is 0 Å². The van der Waals surface area contributed by atoms with E-state index in [0.29, 0.717) is 10.2 Å². The Kier molecular flexibility index (Phi) is 6.84. The van der Waals surface area contributed by atoms with E-state index < -0.39 is 22.6 Å². The summed E-state index contributed by atoms with van der Waals surface area (Å²) in [4.78, 5) is 25.8. The third kappa shape index (κ3) is 5.32. The SMILES string of the molecule is CC(C)(C)C(=O)C=c1s/c(=C\c2c(F)cccc2Cl)c(=O)n1Cc1ccc(F)cc1Cl. The second kappa shape index (κ2) is 9.07. The van der Waals surface area contributed by atoms with Crippen LogP contribution in [0.1, 0.15) is 31.9 Å². The molecule has 0 N–H and O–H groups in total. The Morgan fingerprint density at radius 2 is 1.84 bits per heavy atom. The summed E-state index contributed by atoms with van der Waals surface area (Å²) < 4.78 is 29.6. The normalized spacial score (nSPS) is 13.1. The van der Waals surface area contributed by atoms with E-state index in [1.165, 1.54) is 47.1 Å². The lowest BCUT2D eigenvalue weighted by atomic mass is 9.91. The lowest BCUT2D eigenvalue weighted by Crippen LogP contribution is -2.33. The number of halogens is 4. The highest BCUT2D eigenvalue weighted by Crippen LogP contribution is 2.20. The molecule has 3 rings (SSSR count). The number of nitrogens with zero attached hydrogens (tertiary/aromatic N) is 1. The summed E-state index contributed by atoms with van der Waals surface area (Å²) in [5.74, 6) is -1.24. The molecule has 0 bridgehead atoms. The maximum Gasteiger partial charge on any atom is 0.269 e. The van der Waals surface area contributed by atoms with Crippen LogP contribution < -0.4 is 14.8 Å². The Morgan fingerprint density at radius 1 is 1.13 bits per heavy atom. The fourth-order valence-electron chi connectivity index (χ4n) is 2.72. The predicted molar refractivity (Wildman–Crippen MR) is 122 cm³/mol. The Hall–Kier alpha value is -2.28. The monoisotopic (exact) mass is 481 g/mol. The van der Waals surface area contributed by atoms with Gasteiger partial charge in [0, 0.05) is 22.1 Å². The van der Waals surface area contributed by atoms with Crippen LogP contribution in [-0.4, -0.2) is 10.4 Å². The number of benzene rings is 2. The van der Waals surface area contributed by atoms with Gasteiger partial charge in [0.1, 0.15) is 16.3 Å². The summed E-state index contributed by atoms with van der Waals surface area (Å²) in [6.07, 6.45) is 2.76. The van der Waals surface area contributed by atoms with Crippen LogP contribution in [0.4, 0.5) is 8.78 Å². The minimum absolute atomic E-state index is 0.0244. The maximum atomic E-state index is 14.2. The van der Waals surface area contributed by atoms with E-state index in [0.717, 1.165) is 17.4 Å². The molecule has 0 fully saturated rings. The molecule has 3 nitrogen and oxygen atoms in total. The van der Waals surface area contributed by atoms with Crippen LogP contribution in [0.15, 0.2) is 41.2 Å². The quantitative estimate of drug-likeness (QED) is 0.538. The molecule has 1 heterocycles. The van der Waals surface area contributed by atoms with Crippen molar-refractivity contribution >= 4 is 52.5 Å². The van der Waals surface area contributed by atoms with Crippen molar-refractivity contribution in [2.45, 2.75) is 27.3 Å². The third-order valence-electron chi connectivity index (χ3n) is 4.55. The zero-order valence-corrected chi connectivity index (χ0v) is 19.3. The molecule has 0 radical (unpaired) electrons. The molecule has 0 spiro atoms. The molecular formula is C23H19Cl2F2NO2S. The summed E-state index contributed by atoms with van der Waals surface area (Å²) in [7, 11) is 0. The largest absolute Gasteiger partial charge is 0.294 e. The van der Waals surface area contributed by atoms with Crippen molar-refractivity contribution in [2.75, 3.05) is 0 Å². The molecule has 162 valence electrons. The van der Waals surface area contributed by atoms with E-state index in [1.54, 1.807) is 20.8 Å². The average Bonchev–Trinajstić information content (AvgIpc) is 2.95. The molecule has 0 saturated carbocycles. The molecule has 1 aromatic heterocycles. The first kappa shape index (κ1) is 23.4. The highest BCUT2D eigenvalue weighted by Gasteiger charge is 2.20. The van der Waals surface area contributed by atoms with Gasteiger partial charge in [-0.3, -0.25) is 14.2 Å². The van der Waals surface area contributed by atoms with E-state index in [-0.39, 0.29) is 32.5 Å². The van der Waals surface area contributed by atoms with Gasteiger partial charge in [0.15, 0.2) is 5.78 Å². The number of ketones is 1. The number of rotatable bonds is 4. The molecule has 3 aromatic rings. The predicted octanol–water partition coefficient (Wildman–Crippen LogP) is 4.77. The summed E-state index contributed by atoms with van der Waals surface area (Å²) >= 11 is 13.3. The zero-order chi connectivity index (χ0) is 22.9. The van der Waals surface area contributed by atoms with Crippen LogP contribution in [0.2, 0.25) is 10.0 Å². The number of hydrogen-bond acceptors (Lipinski definition) is 3. The smallest absolute Gasteiger partial charge is 0.269 e. The number of carbonyl (C=O) groups excluding carboxylic acids is 1. The van der Waals surface area contributed by atoms with Gasteiger partial charge in [0.2, 0.25) is 0 Å². The lowest BCUT2D eigenvalue weighted by molar-refractivity contribution is -0.120. The summed E-state index contributed by atoms with van der Waals surface area (Å²) in [6.45, 7) is 5.33. The topological polar surface area (TPSA) is 39.1 Å². The van der Waals surface area contributed by atoms with Crippen molar-refractivity contribution in [3.8, 4) is 0 Å². The summed E-state index contributed by atoms with van der Waals surface area (Å²) in [6, 6.07) is 8.13. The molecule has 31 heavy (non-hydrogen) atoms. The van der Waals surface area contributed by atoms with Crippen molar-refractivity contribution in [3.05, 3.63) is 88.8 Å². The molecule has 8 heteroatoms. The minimum atomic E-state index is -0.656. The second-order valence-electron chi connectivity index (χ2n) is 7.97. The van der Waals surface area contributed by atoms with Crippen molar-refractivity contribution in [2.24, 2.45) is 5.41 Å². The Labute approximate surface area is 191 Å². The van der Waals surface area contributed by atoms with Gasteiger partial charge < -0.3 is 0 Å². The van der Waals surface area contributed by atoms with Crippen LogP contribution in [0.25, 0.3) is 12.2 Å². The Balaban J connectivity index is 2.25. The molecule has 0 amide bonds. The summed E-state index contributed by atoms with van der Waals surface area (Å²) in [5, 5.41) is 0.325. The minimum Gasteiger partial charge on any atom is -0.294 e. The van der Waals surface area contributed by atoms with E-state index in [2.05, 4.69) is 0 Å². The maximum absolute atomic E-state index is 14.2. The van der Waals surface area contributed by atoms with Crippen LogP contribution in [0.3, 0.4) is 0 Å². The van der Waals surface area contributed by atoms with Gasteiger partial charge in [-0.25, -0.2) is 8.78 Å². The van der Waals surface area contributed by atoms with Crippen LogP contribution in [-0.2, 0) is 11.3 Å². The molecule has 0 atom stereocenters. The number of thiazole rings is 1. The zero-order valence-electron chi connectivity index (χ0n) is 17.0. The van der Waals surface area contributed by atoms with E-state index >= 15 is 0 Å². The first-order valence-corrected chi connectivity index (χ1v) is 10.9. The molecule has 0 unspecified atom stereocenters. The fraction of sp³-hybridized carbons (Fsp3) is 0.217. The second-order valence-corrected chi connectivity index (χ2v) is 9.85. The van der Waals surface area contributed by atoms with Gasteiger partial charge in [-0.15, -0.1) is 11.3 Å². The number of aromatic nitrogens is 1. The average molecular weight is 482 g/mol. The Bertz CT molecular complexity index is 1320. The van der Waals surface area contributed by atoms with Crippen LogP contribution >= 0.6 is 34.5 Å². The van der Waals surface area contributed by atoms with Crippen LogP contribution in [0.5, 0.6) is 0 Å². The van der Waals surface area contributed by atoms with Crippen LogP contribution in [0, 0.1) is 17.0 Å². The Morgan fingerprint density at radius 3 is 2.45 bits per heavy atom. The molecule has 0 saturated heterocycles. The van der Waals surface area contributed by atoms with Gasteiger partial charge in [0.05, 0.1) is 16.1 Å². The lowest BCUT2D eigenvalue weighted by Gasteiger charge is -2.13. The highest BCUT2D eigenvalue weighted by atomic mass is 35.5. The molecular weight excluding hydrogens is 463 g/mol. The van der Waals surface area contributed by atoms with Gasteiger partial charge in [-0.1, -0.05) is 56.1 Å². The third-order valence-corrected chi connectivity index (χ3v) is 6.29. The molecule has 0 aliphatic carbocycles. The van der Waals surface area contributed by atoms with Gasteiger partial charge >= 0.3 is 0 Å². The summed E-state index contributed by atoms with van der Waals surface area (Å²) in [5.41, 5.74) is -0.492. The van der Waals surface area contributed by atoms with Gasteiger partial charge in [-0.2, -0.15) is 0 Å². The molecule has 0 aliphatic heterocycles. The van der Waals surface area contributed by atoms with Crippen molar-refractivity contribution in [1.29, 1.82) is 0 Å². The number of Topliss-reactive ketones (excluding diaryl/α,β-unsaturated/α-hetero) is 1. The van der Waals surface area contributed by atoms with Gasteiger partial charge in [-0.05, 0) is 35.9 Å². The van der Waals surface area contributed by atoms with Crippen molar-refractivity contribution in [3.63, 3.8) is 0 Å². The number of carbonyl (C=O) groups is 1. The molecule has 0 aliphatic rings. The van der Waals surface area contributed by atoms with E-state index in [9.17, 15) is 18.4 Å². The van der Waals surface area contributed by atoms with Crippen molar-refractivity contribution < 1.29 is 13.6 Å². The first-order valence-electron chi connectivity index (χ1n) is 9.33. The highest BCUT2D eigenvalue weighted by molar-refractivity contribution is 7.07. The van der Waals surface area contributed by atoms with Gasteiger partial charge in [0.25, 0.3) is 5.56 Å². The molecule has 2 aromatic carbocycles. The van der Waals surface area contributed by atoms with Crippen molar-refractivity contribution in [1.82, 2.24) is 4.57 Å². The fourth-order valence-corrected chi connectivity index (χ4v) is 4.19. The standard InChI is InChI=1S/C23H19Cl2F2NO2S/c1-23(2,3)20(29)11-21-28(12-13-7-8-14(26)9-17(13)25)22(30)19(31-21)10-15-16(24)5-4-6-18(15)27/h4-11H,12H2,1-3H3/b19-10-,21-11?. The van der Waals surface area contributed by atoms with E-state index in [4.69, 9.17) is 23.2 Å². The first-order chi connectivity index (χ1) is 14.5. The number of hydrogen-bond donors (Lipinski definition) is 0.